The van der Waals surface area contributed by atoms with Gasteiger partial charge in [-0.1, -0.05) is 0 Å². The predicted molar refractivity (Wildman–Crippen MR) is 115 cm³/mol. The second-order valence-corrected chi connectivity index (χ2v) is 9.39. The minimum Gasteiger partial charge on any atom is -0.460 e. The van der Waals surface area contributed by atoms with Gasteiger partial charge in [-0.25, -0.2) is 18.4 Å². The van der Waals surface area contributed by atoms with Crippen molar-refractivity contribution in [3.63, 3.8) is 0 Å². The van der Waals surface area contributed by atoms with Crippen molar-refractivity contribution in [1.29, 1.82) is 0 Å². The van der Waals surface area contributed by atoms with Crippen LogP contribution >= 0.6 is 0 Å². The molecule has 1 aliphatic heterocycles. The quantitative estimate of drug-likeness (QED) is 0.617. The number of rotatable bonds is 5. The Kier molecular flexibility index (Phi) is 5.50. The van der Waals surface area contributed by atoms with Crippen LogP contribution in [0.15, 0.2) is 39.9 Å². The number of anilines is 3. The highest BCUT2D eigenvalue weighted by molar-refractivity contribution is 7.90. The van der Waals surface area contributed by atoms with E-state index in [4.69, 9.17) is 9.15 Å². The molecule has 1 amide bonds. The smallest absolute Gasteiger partial charge is 0.222 e. The van der Waals surface area contributed by atoms with Crippen molar-refractivity contribution in [3.8, 4) is 11.3 Å². The Morgan fingerprint density at radius 1 is 1.16 bits per heavy atom. The van der Waals surface area contributed by atoms with Crippen LogP contribution in [0.25, 0.3) is 11.3 Å². The summed E-state index contributed by atoms with van der Waals surface area (Å²) in [6.45, 7) is 4.27. The van der Waals surface area contributed by atoms with Crippen molar-refractivity contribution in [2.45, 2.75) is 31.9 Å². The van der Waals surface area contributed by atoms with Gasteiger partial charge in [-0.3, -0.25) is 4.79 Å². The van der Waals surface area contributed by atoms with Crippen LogP contribution in [-0.2, 0) is 32.4 Å². The zero-order valence-corrected chi connectivity index (χ0v) is 18.2. The van der Waals surface area contributed by atoms with Gasteiger partial charge in [0.15, 0.2) is 14.9 Å². The number of furan rings is 1. The van der Waals surface area contributed by atoms with E-state index < -0.39 is 9.84 Å². The monoisotopic (exact) mass is 442 g/mol. The van der Waals surface area contributed by atoms with Gasteiger partial charge in [-0.2, -0.15) is 0 Å². The van der Waals surface area contributed by atoms with Crippen LogP contribution in [0.4, 0.5) is 17.3 Å². The van der Waals surface area contributed by atoms with Gasteiger partial charge in [0.25, 0.3) is 0 Å². The Morgan fingerprint density at radius 2 is 1.97 bits per heavy atom. The number of sulfone groups is 1. The molecule has 0 fully saturated rings. The highest BCUT2D eigenvalue weighted by Crippen LogP contribution is 2.35. The average Bonchev–Trinajstić information content (AvgIpc) is 3.10. The number of hydrogen-bond acceptors (Lipinski definition) is 8. The average molecular weight is 442 g/mol. The van der Waals surface area contributed by atoms with Crippen LogP contribution in [0.5, 0.6) is 0 Å². The number of ether oxygens (including phenoxy) is 1. The number of carbonyl (C=O) groups is 1. The van der Waals surface area contributed by atoms with Crippen LogP contribution in [-0.4, -0.2) is 37.2 Å². The van der Waals surface area contributed by atoms with Crippen LogP contribution in [0, 0.1) is 6.92 Å². The summed E-state index contributed by atoms with van der Waals surface area (Å²) in [7, 11) is -3.48. The highest BCUT2D eigenvalue weighted by atomic mass is 32.2. The number of fused-ring (bicyclic) bond motifs is 1. The fourth-order valence-corrected chi connectivity index (χ4v) is 3.98. The van der Waals surface area contributed by atoms with Crippen molar-refractivity contribution >= 4 is 33.1 Å². The minimum atomic E-state index is -3.48. The minimum absolute atomic E-state index is 0.0293. The van der Waals surface area contributed by atoms with Gasteiger partial charge in [0.2, 0.25) is 5.91 Å². The molecular formula is C21H22N4O5S. The topological polar surface area (TPSA) is 123 Å². The van der Waals surface area contributed by atoms with Gasteiger partial charge in [0.1, 0.15) is 23.2 Å². The molecule has 9 nitrogen and oxygen atoms in total. The Labute approximate surface area is 179 Å². The standard InChI is InChI=1S/C21H22N4O5S/c1-12-6-20(25-21(7-12)31(3,27)28)24-16-9-19(23-13(2)26)22-10-15(16)18-8-14-11-29-5-4-17(14)30-18/h6-10H,4-5,11H2,1-3H3,(H2,22,23,24,25,26). The summed E-state index contributed by atoms with van der Waals surface area (Å²) in [5, 5.41) is 5.78. The zero-order valence-electron chi connectivity index (χ0n) is 17.4. The molecule has 10 heteroatoms. The number of hydrogen-bond donors (Lipinski definition) is 2. The van der Waals surface area contributed by atoms with Crippen molar-refractivity contribution in [3.05, 3.63) is 47.3 Å². The van der Waals surface area contributed by atoms with Gasteiger partial charge >= 0.3 is 0 Å². The van der Waals surface area contributed by atoms with Gasteiger partial charge in [-0.05, 0) is 30.7 Å². The molecule has 0 aromatic carbocycles. The van der Waals surface area contributed by atoms with Crippen molar-refractivity contribution in [1.82, 2.24) is 9.97 Å². The molecule has 4 heterocycles. The summed E-state index contributed by atoms with van der Waals surface area (Å²) in [6.07, 6.45) is 3.39. The number of nitrogens with zero attached hydrogens (tertiary/aromatic N) is 2. The third-order valence-corrected chi connectivity index (χ3v) is 5.66. The molecule has 31 heavy (non-hydrogen) atoms. The number of nitrogens with one attached hydrogen (secondary N) is 2. The normalized spacial score (nSPS) is 13.5. The molecule has 0 spiro atoms. The molecule has 0 aliphatic carbocycles. The number of carbonyl (C=O) groups excluding carboxylic acids is 1. The third-order valence-electron chi connectivity index (χ3n) is 4.69. The summed E-state index contributed by atoms with van der Waals surface area (Å²) in [6, 6.07) is 6.80. The first-order valence-corrected chi connectivity index (χ1v) is 11.5. The Bertz CT molecular complexity index is 1240. The molecule has 1 aliphatic rings. The van der Waals surface area contributed by atoms with E-state index in [2.05, 4.69) is 20.6 Å². The van der Waals surface area contributed by atoms with Crippen molar-refractivity contribution in [2.75, 3.05) is 23.5 Å². The molecule has 4 rings (SSSR count). The lowest BCUT2D eigenvalue weighted by Gasteiger charge is -2.13. The van der Waals surface area contributed by atoms with Crippen LogP contribution in [0.3, 0.4) is 0 Å². The lowest BCUT2D eigenvalue weighted by atomic mass is 10.1. The van der Waals surface area contributed by atoms with Gasteiger partial charge in [0.05, 0.1) is 24.5 Å². The highest BCUT2D eigenvalue weighted by Gasteiger charge is 2.20. The molecule has 0 radical (unpaired) electrons. The summed E-state index contributed by atoms with van der Waals surface area (Å²) >= 11 is 0. The lowest BCUT2D eigenvalue weighted by molar-refractivity contribution is -0.114. The largest absolute Gasteiger partial charge is 0.460 e. The van der Waals surface area contributed by atoms with Gasteiger partial charge in [0, 0.05) is 37.4 Å². The zero-order chi connectivity index (χ0) is 22.2. The summed E-state index contributed by atoms with van der Waals surface area (Å²) in [4.78, 5) is 20.0. The van der Waals surface area contributed by atoms with Crippen LogP contribution < -0.4 is 10.6 Å². The summed E-state index contributed by atoms with van der Waals surface area (Å²) < 4.78 is 35.5. The first kappa shape index (κ1) is 21.0. The lowest BCUT2D eigenvalue weighted by Crippen LogP contribution is -2.08. The van der Waals surface area contributed by atoms with E-state index >= 15 is 0 Å². The Balaban J connectivity index is 1.79. The summed E-state index contributed by atoms with van der Waals surface area (Å²) in [5.74, 6) is 1.89. The van der Waals surface area contributed by atoms with E-state index in [9.17, 15) is 13.2 Å². The van der Waals surface area contributed by atoms with E-state index in [0.29, 0.717) is 48.3 Å². The van der Waals surface area contributed by atoms with Crippen molar-refractivity contribution < 1.29 is 22.4 Å². The molecule has 0 saturated carbocycles. The maximum atomic E-state index is 12.0. The van der Waals surface area contributed by atoms with Crippen LogP contribution in [0.2, 0.25) is 0 Å². The number of aromatic nitrogens is 2. The SMILES string of the molecule is CC(=O)Nc1cc(Nc2cc(C)cc(S(C)(=O)=O)n2)c(-c2cc3c(o2)CCOC3)cn1. The molecule has 162 valence electrons. The summed E-state index contributed by atoms with van der Waals surface area (Å²) in [5.41, 5.74) is 2.92. The Morgan fingerprint density at radius 3 is 2.68 bits per heavy atom. The molecular weight excluding hydrogens is 420 g/mol. The molecule has 0 saturated heterocycles. The van der Waals surface area contributed by atoms with E-state index in [1.54, 1.807) is 25.3 Å². The molecule has 3 aromatic rings. The molecule has 0 atom stereocenters. The van der Waals surface area contributed by atoms with Crippen LogP contribution in [0.1, 0.15) is 23.8 Å². The number of pyridine rings is 2. The van der Waals surface area contributed by atoms with E-state index in [1.165, 1.54) is 13.0 Å². The molecule has 3 aromatic heterocycles. The fourth-order valence-electron chi connectivity index (χ4n) is 3.31. The maximum absolute atomic E-state index is 12.0. The van der Waals surface area contributed by atoms with E-state index in [-0.39, 0.29) is 10.9 Å². The van der Waals surface area contributed by atoms with E-state index in [0.717, 1.165) is 23.1 Å². The third kappa shape index (κ3) is 4.75. The van der Waals surface area contributed by atoms with Gasteiger partial charge in [-0.15, -0.1) is 0 Å². The Hall–Kier alpha value is -3.24. The fraction of sp³-hybridized carbons (Fsp3) is 0.286. The number of amides is 1. The molecule has 0 unspecified atom stereocenters. The van der Waals surface area contributed by atoms with Gasteiger partial charge < -0.3 is 19.8 Å². The second kappa shape index (κ2) is 8.12. The molecule has 2 N–H and O–H groups in total. The number of aryl methyl sites for hydroxylation is 1. The molecule has 0 bridgehead atoms. The maximum Gasteiger partial charge on any atom is 0.222 e. The second-order valence-electron chi connectivity index (χ2n) is 7.42. The van der Waals surface area contributed by atoms with E-state index in [1.807, 2.05) is 6.07 Å². The first-order valence-electron chi connectivity index (χ1n) is 9.62. The predicted octanol–water partition coefficient (Wildman–Crippen LogP) is 3.22. The first-order chi connectivity index (χ1) is 14.7. The van der Waals surface area contributed by atoms with Crippen molar-refractivity contribution in [2.24, 2.45) is 0 Å².